The van der Waals surface area contributed by atoms with Gasteiger partial charge in [-0.3, -0.25) is 4.90 Å². The molecule has 2 aliphatic rings. The van der Waals surface area contributed by atoms with Crippen molar-refractivity contribution in [1.82, 2.24) is 10.2 Å². The summed E-state index contributed by atoms with van der Waals surface area (Å²) in [5.74, 6) is 2.44. The van der Waals surface area contributed by atoms with E-state index in [1.54, 1.807) is 6.08 Å². The second-order valence-electron chi connectivity index (χ2n) is 8.31. The third kappa shape index (κ3) is 7.55. The Labute approximate surface area is 198 Å². The normalized spacial score (nSPS) is 16.0. The van der Waals surface area contributed by atoms with E-state index in [0.717, 1.165) is 59.2 Å². The average molecular weight is 442 g/mol. The number of rotatable bonds is 12. The van der Waals surface area contributed by atoms with Crippen LogP contribution in [0.2, 0.25) is 0 Å². The van der Waals surface area contributed by atoms with Gasteiger partial charge in [-0.1, -0.05) is 44.5 Å². The molecule has 4 heteroatoms. The summed E-state index contributed by atoms with van der Waals surface area (Å²) in [6, 6.07) is 7.95. The molecule has 0 bridgehead atoms. The number of nitrogens with one attached hydrogen (secondary N) is 1. The summed E-state index contributed by atoms with van der Waals surface area (Å²) in [7, 11) is 1.97. The first-order valence-corrected chi connectivity index (χ1v) is 11.4. The van der Waals surface area contributed by atoms with Crippen molar-refractivity contribution in [2.24, 2.45) is 0 Å². The first kappa shape index (κ1) is 24.1. The van der Waals surface area contributed by atoms with Crippen LogP contribution in [0.3, 0.4) is 0 Å². The van der Waals surface area contributed by atoms with E-state index in [1.807, 2.05) is 60.5 Å². The molecule has 172 valence electrons. The van der Waals surface area contributed by atoms with Gasteiger partial charge in [0.05, 0.1) is 0 Å². The summed E-state index contributed by atoms with van der Waals surface area (Å²) in [6.07, 6.45) is 17.4. The van der Waals surface area contributed by atoms with E-state index in [9.17, 15) is 0 Å². The second kappa shape index (κ2) is 11.9. The number of ether oxygens (including phenoxy) is 1. The van der Waals surface area contributed by atoms with Gasteiger partial charge in [-0.25, -0.2) is 0 Å². The summed E-state index contributed by atoms with van der Waals surface area (Å²) in [5, 5.41) is 3.31. The van der Waals surface area contributed by atoms with Crippen LogP contribution in [-0.4, -0.2) is 31.6 Å². The maximum Gasteiger partial charge on any atom is 0.127 e. The van der Waals surface area contributed by atoms with E-state index >= 15 is 0 Å². The van der Waals surface area contributed by atoms with Crippen LogP contribution in [0.5, 0.6) is 5.75 Å². The fraction of sp³-hybridized carbons (Fsp3) is 0.241. The third-order valence-corrected chi connectivity index (χ3v) is 5.58. The highest BCUT2D eigenvalue weighted by molar-refractivity contribution is 5.53. The van der Waals surface area contributed by atoms with Gasteiger partial charge in [0.25, 0.3) is 0 Å². The highest BCUT2D eigenvalue weighted by Crippen LogP contribution is 2.23. The maximum absolute atomic E-state index is 5.92. The van der Waals surface area contributed by atoms with Gasteiger partial charge >= 0.3 is 0 Å². The minimum absolute atomic E-state index is 0.728. The largest absolute Gasteiger partial charge is 0.458 e. The SMILES string of the molecule is C=C/C(=C/C(=C)/C=C\C(=C)CN1CCC1)NC(=C)N(C)c1ccc(OC2=CCCC=C2)cc1. The summed E-state index contributed by atoms with van der Waals surface area (Å²) in [5.41, 5.74) is 3.78. The minimum Gasteiger partial charge on any atom is -0.458 e. The molecule has 0 saturated carbocycles. The molecule has 0 radical (unpaired) electrons. The van der Waals surface area contributed by atoms with E-state index in [4.69, 9.17) is 4.74 Å². The summed E-state index contributed by atoms with van der Waals surface area (Å²) in [4.78, 5) is 4.36. The Bertz CT molecular complexity index is 1000. The number of nitrogens with zero attached hydrogens (tertiary/aromatic N) is 2. The summed E-state index contributed by atoms with van der Waals surface area (Å²) in [6.45, 7) is 19.6. The zero-order valence-electron chi connectivity index (χ0n) is 19.7. The van der Waals surface area contributed by atoms with Crippen LogP contribution in [0, 0.1) is 0 Å². The molecule has 1 aromatic carbocycles. The van der Waals surface area contributed by atoms with Crippen LogP contribution >= 0.6 is 0 Å². The number of hydrogen-bond donors (Lipinski definition) is 1. The van der Waals surface area contributed by atoms with Crippen molar-refractivity contribution in [1.29, 1.82) is 0 Å². The second-order valence-corrected chi connectivity index (χ2v) is 8.31. The van der Waals surface area contributed by atoms with E-state index in [0.29, 0.717) is 0 Å². The Hall–Kier alpha value is -3.50. The monoisotopic (exact) mass is 441 g/mol. The van der Waals surface area contributed by atoms with E-state index in [1.165, 1.54) is 19.5 Å². The van der Waals surface area contributed by atoms with Crippen LogP contribution in [0.15, 0.2) is 122 Å². The van der Waals surface area contributed by atoms with Gasteiger partial charge in [0.2, 0.25) is 0 Å². The number of benzene rings is 1. The number of anilines is 1. The lowest BCUT2D eigenvalue weighted by molar-refractivity contribution is 0.200. The van der Waals surface area contributed by atoms with E-state index in [2.05, 4.69) is 48.7 Å². The Kier molecular flexibility index (Phi) is 8.73. The predicted octanol–water partition coefficient (Wildman–Crippen LogP) is 6.24. The zero-order valence-corrected chi connectivity index (χ0v) is 19.7. The number of likely N-dealkylation sites (tertiary alicyclic amines) is 1. The van der Waals surface area contributed by atoms with Crippen LogP contribution in [0.1, 0.15) is 19.3 Å². The molecule has 1 N–H and O–H groups in total. The van der Waals surface area contributed by atoms with Gasteiger partial charge in [-0.15, -0.1) is 0 Å². The Morgan fingerprint density at radius 1 is 1.12 bits per heavy atom. The third-order valence-electron chi connectivity index (χ3n) is 5.58. The first-order valence-electron chi connectivity index (χ1n) is 11.4. The summed E-state index contributed by atoms with van der Waals surface area (Å²) >= 11 is 0. The van der Waals surface area contributed by atoms with Crippen LogP contribution < -0.4 is 15.0 Å². The molecule has 0 spiro atoms. The maximum atomic E-state index is 5.92. The lowest BCUT2D eigenvalue weighted by Gasteiger charge is -2.30. The smallest absolute Gasteiger partial charge is 0.127 e. The molecule has 1 aromatic rings. The fourth-order valence-electron chi connectivity index (χ4n) is 3.44. The molecule has 1 heterocycles. The molecule has 0 aromatic heterocycles. The van der Waals surface area contributed by atoms with Gasteiger partial charge in [0.1, 0.15) is 17.3 Å². The molecule has 1 aliphatic carbocycles. The van der Waals surface area contributed by atoms with Crippen LogP contribution in [-0.2, 0) is 0 Å². The Morgan fingerprint density at radius 2 is 1.88 bits per heavy atom. The molecule has 1 saturated heterocycles. The van der Waals surface area contributed by atoms with E-state index < -0.39 is 0 Å². The quantitative estimate of drug-likeness (QED) is 0.389. The van der Waals surface area contributed by atoms with Gasteiger partial charge in [0.15, 0.2) is 0 Å². The van der Waals surface area contributed by atoms with Crippen molar-refractivity contribution in [3.05, 3.63) is 122 Å². The van der Waals surface area contributed by atoms with Gasteiger partial charge in [-0.2, -0.15) is 0 Å². The predicted molar refractivity (Wildman–Crippen MR) is 141 cm³/mol. The molecule has 0 amide bonds. The van der Waals surface area contributed by atoms with Crippen LogP contribution in [0.25, 0.3) is 0 Å². The van der Waals surface area contributed by atoms with Crippen molar-refractivity contribution in [2.45, 2.75) is 19.3 Å². The average Bonchev–Trinajstić information content (AvgIpc) is 2.80. The van der Waals surface area contributed by atoms with Gasteiger partial charge in [-0.05, 0) is 92.1 Å². The topological polar surface area (TPSA) is 27.7 Å². The van der Waals surface area contributed by atoms with Gasteiger partial charge < -0.3 is 15.0 Å². The lowest BCUT2D eigenvalue weighted by atomic mass is 10.1. The molecule has 0 atom stereocenters. The van der Waals surface area contributed by atoms with Crippen molar-refractivity contribution in [3.63, 3.8) is 0 Å². The fourth-order valence-corrected chi connectivity index (χ4v) is 3.44. The number of allylic oxidation sites excluding steroid dienone is 7. The molecule has 1 fully saturated rings. The number of hydrogen-bond acceptors (Lipinski definition) is 4. The van der Waals surface area contributed by atoms with Crippen molar-refractivity contribution >= 4 is 5.69 Å². The highest BCUT2D eigenvalue weighted by Gasteiger charge is 2.13. The van der Waals surface area contributed by atoms with Crippen molar-refractivity contribution in [3.8, 4) is 5.75 Å². The molecule has 1 aliphatic heterocycles. The molecule has 0 unspecified atom stereocenters. The Morgan fingerprint density at radius 3 is 2.48 bits per heavy atom. The molecule has 3 rings (SSSR count). The first-order chi connectivity index (χ1) is 15.9. The standard InChI is InChI=1S/C29H35N3O/c1-6-26(21-23(2)13-14-24(3)22-32-19-10-20-32)30-25(4)31(5)27-15-17-29(18-16-27)33-28-11-8-7-9-12-28/h6,8,11-18,21,30H,1-4,7,9-10,19-20,22H2,5H3/b14-13-,26-21-. The summed E-state index contributed by atoms with van der Waals surface area (Å²) < 4.78 is 5.92. The molecular formula is C29H35N3O. The molecular weight excluding hydrogens is 406 g/mol. The Balaban J connectivity index is 1.53. The molecule has 4 nitrogen and oxygen atoms in total. The van der Waals surface area contributed by atoms with Crippen LogP contribution in [0.4, 0.5) is 5.69 Å². The van der Waals surface area contributed by atoms with E-state index in [-0.39, 0.29) is 0 Å². The van der Waals surface area contributed by atoms with Crippen molar-refractivity contribution in [2.75, 3.05) is 31.6 Å². The zero-order chi connectivity index (χ0) is 23.6. The molecule has 33 heavy (non-hydrogen) atoms. The minimum atomic E-state index is 0.728. The van der Waals surface area contributed by atoms with Gasteiger partial charge in [0, 0.05) is 25.0 Å². The lowest BCUT2D eigenvalue weighted by Crippen LogP contribution is -2.38. The van der Waals surface area contributed by atoms with Crippen molar-refractivity contribution < 1.29 is 4.74 Å². The highest BCUT2D eigenvalue weighted by atomic mass is 16.5.